The number of amides is 1. The van der Waals surface area contributed by atoms with Crippen molar-refractivity contribution in [3.05, 3.63) is 35.9 Å². The summed E-state index contributed by atoms with van der Waals surface area (Å²) in [5.41, 5.74) is 6.79. The number of carbonyl (C=O) groups excluding carboxylic acids is 1. The van der Waals surface area contributed by atoms with Crippen LogP contribution in [0.3, 0.4) is 0 Å². The summed E-state index contributed by atoms with van der Waals surface area (Å²) in [6.07, 6.45) is -0.615. The molecule has 0 aromatic heterocycles. The maximum Gasteiger partial charge on any atom is 0.303 e. The molecule has 0 saturated heterocycles. The second kappa shape index (κ2) is 9.27. The van der Waals surface area contributed by atoms with Crippen LogP contribution in [0.15, 0.2) is 30.3 Å². The van der Waals surface area contributed by atoms with Crippen molar-refractivity contribution in [1.29, 1.82) is 0 Å². The number of hydrogen-bond acceptors (Lipinski definition) is 4. The summed E-state index contributed by atoms with van der Waals surface area (Å²) in [6.45, 7) is 3.69. The lowest BCUT2D eigenvalue weighted by atomic mass is 9.97. The highest BCUT2D eigenvalue weighted by Gasteiger charge is 2.26. The van der Waals surface area contributed by atoms with Crippen LogP contribution in [0.25, 0.3) is 0 Å². The molecule has 0 heterocycles. The first-order chi connectivity index (χ1) is 10.8. The third kappa shape index (κ3) is 6.80. The SMILES string of the molecule is CC(C)C(N)C(=O)NC(Cc1ccccc1)C(O)CCC(=O)O. The number of rotatable bonds is 9. The number of hydrogen-bond donors (Lipinski definition) is 4. The van der Waals surface area contributed by atoms with Crippen LogP contribution in [0.4, 0.5) is 0 Å². The van der Waals surface area contributed by atoms with E-state index in [4.69, 9.17) is 10.8 Å². The molecule has 0 spiro atoms. The van der Waals surface area contributed by atoms with Crippen LogP contribution in [-0.2, 0) is 16.0 Å². The zero-order valence-corrected chi connectivity index (χ0v) is 13.6. The van der Waals surface area contributed by atoms with Gasteiger partial charge in [-0.25, -0.2) is 0 Å². The van der Waals surface area contributed by atoms with E-state index in [0.29, 0.717) is 6.42 Å². The number of carbonyl (C=O) groups is 2. The summed E-state index contributed by atoms with van der Waals surface area (Å²) in [7, 11) is 0. The summed E-state index contributed by atoms with van der Waals surface area (Å²) in [6, 6.07) is 8.17. The number of benzene rings is 1. The average molecular weight is 322 g/mol. The molecule has 1 amide bonds. The summed E-state index contributed by atoms with van der Waals surface area (Å²) >= 11 is 0. The maximum absolute atomic E-state index is 12.2. The van der Waals surface area contributed by atoms with E-state index < -0.39 is 24.2 Å². The number of carboxylic acids is 1. The number of aliphatic hydroxyl groups excluding tert-OH is 1. The molecule has 0 bridgehead atoms. The topological polar surface area (TPSA) is 113 Å². The monoisotopic (exact) mass is 322 g/mol. The molecule has 3 atom stereocenters. The van der Waals surface area contributed by atoms with Gasteiger partial charge in [0.05, 0.1) is 18.2 Å². The molecule has 23 heavy (non-hydrogen) atoms. The van der Waals surface area contributed by atoms with E-state index in [1.807, 2.05) is 44.2 Å². The number of aliphatic carboxylic acids is 1. The van der Waals surface area contributed by atoms with E-state index in [1.165, 1.54) is 0 Å². The van der Waals surface area contributed by atoms with Gasteiger partial charge >= 0.3 is 5.97 Å². The molecule has 0 aliphatic carbocycles. The molecule has 0 aliphatic rings. The van der Waals surface area contributed by atoms with Gasteiger partial charge in [-0.2, -0.15) is 0 Å². The fraction of sp³-hybridized carbons (Fsp3) is 0.529. The summed E-state index contributed by atoms with van der Waals surface area (Å²) in [4.78, 5) is 22.9. The molecule has 1 rings (SSSR count). The Balaban J connectivity index is 2.78. The first-order valence-electron chi connectivity index (χ1n) is 7.81. The third-order valence-corrected chi connectivity index (χ3v) is 3.77. The van der Waals surface area contributed by atoms with Crippen LogP contribution in [0, 0.1) is 5.92 Å². The highest BCUT2D eigenvalue weighted by Crippen LogP contribution is 2.11. The lowest BCUT2D eigenvalue weighted by molar-refractivity contribution is -0.137. The van der Waals surface area contributed by atoms with E-state index in [9.17, 15) is 14.7 Å². The Kier molecular flexibility index (Phi) is 7.71. The average Bonchev–Trinajstić information content (AvgIpc) is 2.51. The Hall–Kier alpha value is -1.92. The molecular weight excluding hydrogens is 296 g/mol. The highest BCUT2D eigenvalue weighted by atomic mass is 16.4. The van der Waals surface area contributed by atoms with Gasteiger partial charge in [0, 0.05) is 6.42 Å². The Bertz CT molecular complexity index is 505. The zero-order chi connectivity index (χ0) is 17.4. The van der Waals surface area contributed by atoms with Crippen LogP contribution in [-0.4, -0.2) is 40.3 Å². The van der Waals surface area contributed by atoms with Crippen molar-refractivity contribution >= 4 is 11.9 Å². The number of carboxylic acid groups (broad SMARTS) is 1. The van der Waals surface area contributed by atoms with Gasteiger partial charge in [0.15, 0.2) is 0 Å². The minimum Gasteiger partial charge on any atom is -0.481 e. The van der Waals surface area contributed by atoms with Crippen LogP contribution in [0.1, 0.15) is 32.3 Å². The molecule has 128 valence electrons. The molecule has 3 unspecified atom stereocenters. The van der Waals surface area contributed by atoms with Gasteiger partial charge in [-0.05, 0) is 24.3 Å². The maximum atomic E-state index is 12.2. The van der Waals surface area contributed by atoms with Gasteiger partial charge < -0.3 is 21.3 Å². The zero-order valence-electron chi connectivity index (χ0n) is 13.6. The van der Waals surface area contributed by atoms with Crippen molar-refractivity contribution in [1.82, 2.24) is 5.32 Å². The second-order valence-electron chi connectivity index (χ2n) is 6.07. The van der Waals surface area contributed by atoms with Gasteiger partial charge in [0.25, 0.3) is 0 Å². The van der Waals surface area contributed by atoms with Crippen molar-refractivity contribution in [3.63, 3.8) is 0 Å². The normalized spacial score (nSPS) is 15.0. The molecule has 0 fully saturated rings. The fourth-order valence-corrected chi connectivity index (χ4v) is 2.21. The smallest absolute Gasteiger partial charge is 0.303 e. The molecule has 1 aromatic rings. The predicted molar refractivity (Wildman–Crippen MR) is 87.8 cm³/mol. The molecule has 0 saturated carbocycles. The molecule has 0 radical (unpaired) electrons. The quantitative estimate of drug-likeness (QED) is 0.540. The Morgan fingerprint density at radius 3 is 2.35 bits per heavy atom. The Labute approximate surface area is 136 Å². The first kappa shape index (κ1) is 19.1. The van der Waals surface area contributed by atoms with Crippen LogP contribution < -0.4 is 11.1 Å². The molecule has 1 aromatic carbocycles. The van der Waals surface area contributed by atoms with Crippen LogP contribution in [0.2, 0.25) is 0 Å². The molecule has 6 heteroatoms. The van der Waals surface area contributed by atoms with Crippen LogP contribution in [0.5, 0.6) is 0 Å². The minimum absolute atomic E-state index is 0.0245. The summed E-state index contributed by atoms with van der Waals surface area (Å²) < 4.78 is 0. The minimum atomic E-state index is -0.979. The lowest BCUT2D eigenvalue weighted by Gasteiger charge is -2.26. The van der Waals surface area contributed by atoms with Gasteiger partial charge in [-0.3, -0.25) is 9.59 Å². The second-order valence-corrected chi connectivity index (χ2v) is 6.07. The standard InChI is InChI=1S/C17H26N2O4/c1-11(2)16(18)17(23)19-13(14(20)8-9-15(21)22)10-12-6-4-3-5-7-12/h3-7,11,13-14,16,20H,8-10,18H2,1-2H3,(H,19,23)(H,21,22). The van der Waals surface area contributed by atoms with Crippen molar-refractivity contribution in [2.75, 3.05) is 0 Å². The third-order valence-electron chi connectivity index (χ3n) is 3.77. The van der Waals surface area contributed by atoms with Gasteiger partial charge in [-0.1, -0.05) is 44.2 Å². The van der Waals surface area contributed by atoms with Crippen molar-refractivity contribution in [3.8, 4) is 0 Å². The number of aliphatic hydroxyl groups is 1. The summed E-state index contributed by atoms with van der Waals surface area (Å²) in [5, 5.41) is 21.8. The molecular formula is C17H26N2O4. The van der Waals surface area contributed by atoms with E-state index in [-0.39, 0.29) is 24.7 Å². The lowest BCUT2D eigenvalue weighted by Crippen LogP contribution is -2.52. The number of nitrogens with one attached hydrogen (secondary N) is 1. The van der Waals surface area contributed by atoms with Crippen LogP contribution >= 0.6 is 0 Å². The molecule has 6 nitrogen and oxygen atoms in total. The Morgan fingerprint density at radius 2 is 1.83 bits per heavy atom. The van der Waals surface area contributed by atoms with E-state index in [1.54, 1.807) is 0 Å². The van der Waals surface area contributed by atoms with E-state index in [2.05, 4.69) is 5.32 Å². The Morgan fingerprint density at radius 1 is 1.22 bits per heavy atom. The fourth-order valence-electron chi connectivity index (χ4n) is 2.21. The first-order valence-corrected chi connectivity index (χ1v) is 7.81. The highest BCUT2D eigenvalue weighted by molar-refractivity contribution is 5.82. The van der Waals surface area contributed by atoms with Crippen molar-refractivity contribution in [2.45, 2.75) is 51.3 Å². The van der Waals surface area contributed by atoms with Gasteiger partial charge in [0.2, 0.25) is 5.91 Å². The van der Waals surface area contributed by atoms with Gasteiger partial charge in [0.1, 0.15) is 0 Å². The molecule has 0 aliphatic heterocycles. The van der Waals surface area contributed by atoms with Crippen molar-refractivity contribution in [2.24, 2.45) is 11.7 Å². The summed E-state index contributed by atoms with van der Waals surface area (Å²) in [5.74, 6) is -1.34. The number of nitrogens with two attached hydrogens (primary N) is 1. The van der Waals surface area contributed by atoms with Crippen molar-refractivity contribution < 1.29 is 19.8 Å². The predicted octanol–water partition coefficient (Wildman–Crippen LogP) is 0.923. The van der Waals surface area contributed by atoms with E-state index in [0.717, 1.165) is 5.56 Å². The largest absolute Gasteiger partial charge is 0.481 e. The molecule has 5 N–H and O–H groups in total. The van der Waals surface area contributed by atoms with E-state index >= 15 is 0 Å². The van der Waals surface area contributed by atoms with Gasteiger partial charge in [-0.15, -0.1) is 0 Å².